The number of hydrogen-bond acceptors (Lipinski definition) is 4. The molecular formula is C23H23N3O4. The summed E-state index contributed by atoms with van der Waals surface area (Å²) in [7, 11) is 0. The molecule has 1 fully saturated rings. The van der Waals surface area contributed by atoms with E-state index in [-0.39, 0.29) is 17.7 Å². The number of anilines is 2. The lowest BCUT2D eigenvalue weighted by atomic mass is 10.1. The fraction of sp³-hybridized carbons (Fsp3) is 0.261. The largest absolute Gasteiger partial charge is 0.467 e. The summed E-state index contributed by atoms with van der Waals surface area (Å²) in [6.45, 7) is 4.42. The third kappa shape index (κ3) is 3.78. The number of rotatable bonds is 5. The van der Waals surface area contributed by atoms with Crippen molar-refractivity contribution < 1.29 is 18.8 Å². The zero-order chi connectivity index (χ0) is 21.3. The van der Waals surface area contributed by atoms with Crippen LogP contribution in [0.5, 0.6) is 0 Å². The topological polar surface area (TPSA) is 84.5 Å². The van der Waals surface area contributed by atoms with Gasteiger partial charge in [0.25, 0.3) is 5.91 Å². The van der Waals surface area contributed by atoms with Gasteiger partial charge in [0.15, 0.2) is 0 Å². The number of aryl methyl sites for hydroxylation is 1. The molecule has 0 unspecified atom stereocenters. The highest BCUT2D eigenvalue weighted by Crippen LogP contribution is 2.24. The number of piperidine rings is 1. The minimum Gasteiger partial charge on any atom is -0.467 e. The molecule has 1 aromatic carbocycles. The van der Waals surface area contributed by atoms with Crippen LogP contribution in [0.1, 0.15) is 46.8 Å². The second kappa shape index (κ2) is 8.02. The summed E-state index contributed by atoms with van der Waals surface area (Å²) in [5.74, 6) is 0.229. The molecular weight excluding hydrogens is 382 g/mol. The number of imide groups is 1. The van der Waals surface area contributed by atoms with Gasteiger partial charge >= 0.3 is 0 Å². The molecule has 0 radical (unpaired) electrons. The Morgan fingerprint density at radius 2 is 1.77 bits per heavy atom. The molecule has 1 N–H and O–H groups in total. The van der Waals surface area contributed by atoms with Crippen LogP contribution in [0.2, 0.25) is 0 Å². The summed E-state index contributed by atoms with van der Waals surface area (Å²) in [4.78, 5) is 38.2. The van der Waals surface area contributed by atoms with Gasteiger partial charge < -0.3 is 14.3 Å². The molecule has 30 heavy (non-hydrogen) atoms. The first kappa shape index (κ1) is 19.7. The van der Waals surface area contributed by atoms with Gasteiger partial charge in [-0.2, -0.15) is 0 Å². The summed E-state index contributed by atoms with van der Waals surface area (Å²) in [5, 5.41) is 2.89. The molecule has 3 heterocycles. The first-order chi connectivity index (χ1) is 14.4. The normalized spacial score (nSPS) is 14.3. The van der Waals surface area contributed by atoms with Crippen LogP contribution in [-0.4, -0.2) is 22.3 Å². The van der Waals surface area contributed by atoms with Crippen molar-refractivity contribution in [1.82, 2.24) is 4.57 Å². The number of aromatic nitrogens is 1. The van der Waals surface area contributed by atoms with Crippen molar-refractivity contribution in [3.63, 3.8) is 0 Å². The first-order valence-electron chi connectivity index (χ1n) is 9.90. The van der Waals surface area contributed by atoms with E-state index < -0.39 is 0 Å². The molecule has 2 aromatic heterocycles. The molecule has 1 saturated heterocycles. The van der Waals surface area contributed by atoms with Crippen molar-refractivity contribution >= 4 is 29.1 Å². The lowest BCUT2D eigenvalue weighted by molar-refractivity contribution is -0.129. The Morgan fingerprint density at radius 1 is 1.07 bits per heavy atom. The van der Waals surface area contributed by atoms with Crippen LogP contribution in [0.25, 0.3) is 0 Å². The van der Waals surface area contributed by atoms with Gasteiger partial charge in [0.1, 0.15) is 5.76 Å². The highest BCUT2D eigenvalue weighted by Gasteiger charge is 2.27. The first-order valence-corrected chi connectivity index (χ1v) is 9.90. The lowest BCUT2D eigenvalue weighted by Crippen LogP contribution is -2.40. The number of amides is 3. The van der Waals surface area contributed by atoms with Crippen LogP contribution in [0.4, 0.5) is 11.4 Å². The number of carbonyl (C=O) groups excluding carboxylic acids is 3. The summed E-state index contributed by atoms with van der Waals surface area (Å²) < 4.78 is 7.45. The predicted molar refractivity (Wildman–Crippen MR) is 112 cm³/mol. The molecule has 0 spiro atoms. The summed E-state index contributed by atoms with van der Waals surface area (Å²) >= 11 is 0. The number of nitrogens with zero attached hydrogens (tertiary/aromatic N) is 2. The van der Waals surface area contributed by atoms with Crippen LogP contribution in [0.3, 0.4) is 0 Å². The molecule has 3 aromatic rings. The van der Waals surface area contributed by atoms with Crippen molar-refractivity contribution in [2.75, 3.05) is 10.2 Å². The molecule has 0 saturated carbocycles. The molecule has 0 bridgehead atoms. The Balaban J connectivity index is 1.49. The summed E-state index contributed by atoms with van der Waals surface area (Å²) in [6, 6.07) is 12.3. The van der Waals surface area contributed by atoms with Crippen LogP contribution in [-0.2, 0) is 16.1 Å². The van der Waals surface area contributed by atoms with Crippen molar-refractivity contribution in [2.45, 2.75) is 39.7 Å². The van der Waals surface area contributed by atoms with Gasteiger partial charge in [-0.1, -0.05) is 0 Å². The Morgan fingerprint density at radius 3 is 2.40 bits per heavy atom. The average Bonchev–Trinajstić information content (AvgIpc) is 3.33. The standard InChI is InChI=1S/C23H23N3O4/c1-15-13-20(16(2)25(15)14-19-5-4-12-30-19)23(29)24-17-8-10-18(11-9-17)26-21(27)6-3-7-22(26)28/h4-5,8-13H,3,6-7,14H2,1-2H3,(H,24,29). The van der Waals surface area contributed by atoms with Gasteiger partial charge in [-0.25, -0.2) is 0 Å². The van der Waals surface area contributed by atoms with E-state index >= 15 is 0 Å². The molecule has 0 atom stereocenters. The highest BCUT2D eigenvalue weighted by atomic mass is 16.3. The van der Waals surface area contributed by atoms with Crippen LogP contribution < -0.4 is 10.2 Å². The Labute approximate surface area is 174 Å². The van der Waals surface area contributed by atoms with Crippen molar-refractivity contribution in [3.8, 4) is 0 Å². The lowest BCUT2D eigenvalue weighted by Gasteiger charge is -2.24. The fourth-order valence-corrected chi connectivity index (χ4v) is 3.77. The van der Waals surface area contributed by atoms with Crippen LogP contribution in [0, 0.1) is 13.8 Å². The molecule has 7 nitrogen and oxygen atoms in total. The SMILES string of the molecule is Cc1cc(C(=O)Nc2ccc(N3C(=O)CCCC3=O)cc2)c(C)n1Cc1ccco1. The van der Waals surface area contributed by atoms with Gasteiger partial charge in [-0.15, -0.1) is 0 Å². The van der Waals surface area contributed by atoms with Gasteiger partial charge in [0.2, 0.25) is 11.8 Å². The van der Waals surface area contributed by atoms with E-state index in [1.165, 1.54) is 4.90 Å². The zero-order valence-corrected chi connectivity index (χ0v) is 17.0. The zero-order valence-electron chi connectivity index (χ0n) is 17.0. The third-order valence-electron chi connectivity index (χ3n) is 5.38. The second-order valence-corrected chi connectivity index (χ2v) is 7.43. The average molecular weight is 405 g/mol. The highest BCUT2D eigenvalue weighted by molar-refractivity contribution is 6.16. The predicted octanol–water partition coefficient (Wildman–Crippen LogP) is 4.04. The van der Waals surface area contributed by atoms with E-state index in [2.05, 4.69) is 5.32 Å². The maximum atomic E-state index is 12.8. The fourth-order valence-electron chi connectivity index (χ4n) is 3.77. The second-order valence-electron chi connectivity index (χ2n) is 7.43. The maximum Gasteiger partial charge on any atom is 0.257 e. The Hall–Kier alpha value is -3.61. The number of nitrogens with one attached hydrogen (secondary N) is 1. The minimum atomic E-state index is -0.216. The number of carbonyl (C=O) groups is 3. The van der Waals surface area contributed by atoms with E-state index in [0.29, 0.717) is 42.7 Å². The summed E-state index contributed by atoms with van der Waals surface area (Å²) in [5.41, 5.74) is 3.52. The molecule has 1 aliphatic heterocycles. The summed E-state index contributed by atoms with van der Waals surface area (Å²) in [6.07, 6.45) is 2.97. The molecule has 0 aliphatic carbocycles. The van der Waals surface area contributed by atoms with E-state index in [1.807, 2.05) is 36.6 Å². The number of hydrogen-bond donors (Lipinski definition) is 1. The molecule has 154 valence electrons. The number of furan rings is 1. The van der Waals surface area contributed by atoms with Crippen molar-refractivity contribution in [2.24, 2.45) is 0 Å². The molecule has 3 amide bonds. The Kier molecular flexibility index (Phi) is 5.27. The maximum absolute atomic E-state index is 12.8. The van der Waals surface area contributed by atoms with E-state index in [0.717, 1.165) is 17.1 Å². The van der Waals surface area contributed by atoms with Gasteiger partial charge in [-0.05, 0) is 62.7 Å². The van der Waals surface area contributed by atoms with E-state index in [9.17, 15) is 14.4 Å². The number of benzene rings is 1. The van der Waals surface area contributed by atoms with Crippen molar-refractivity contribution in [1.29, 1.82) is 0 Å². The molecule has 7 heteroatoms. The molecule has 4 rings (SSSR count). The van der Waals surface area contributed by atoms with Gasteiger partial charge in [0, 0.05) is 29.9 Å². The van der Waals surface area contributed by atoms with E-state index in [4.69, 9.17) is 4.42 Å². The Bertz CT molecular complexity index is 1080. The van der Waals surface area contributed by atoms with E-state index in [1.54, 1.807) is 30.5 Å². The van der Waals surface area contributed by atoms with Gasteiger partial charge in [-0.3, -0.25) is 19.3 Å². The quantitative estimate of drug-likeness (QED) is 0.649. The van der Waals surface area contributed by atoms with Crippen LogP contribution >= 0.6 is 0 Å². The smallest absolute Gasteiger partial charge is 0.257 e. The van der Waals surface area contributed by atoms with Crippen molar-refractivity contribution in [3.05, 3.63) is 71.4 Å². The minimum absolute atomic E-state index is 0.188. The third-order valence-corrected chi connectivity index (χ3v) is 5.38. The van der Waals surface area contributed by atoms with Gasteiger partial charge in [0.05, 0.1) is 24.1 Å². The monoisotopic (exact) mass is 405 g/mol. The van der Waals surface area contributed by atoms with Crippen LogP contribution in [0.15, 0.2) is 53.1 Å². The molecule has 1 aliphatic rings.